The molecule has 2 aromatic carbocycles. The van der Waals surface area contributed by atoms with Gasteiger partial charge >= 0.3 is 0 Å². The van der Waals surface area contributed by atoms with Crippen molar-refractivity contribution < 1.29 is 9.47 Å². The number of nitrogens with one attached hydrogen (secondary N) is 1. The Balaban J connectivity index is 2.05. The summed E-state index contributed by atoms with van der Waals surface area (Å²) in [6, 6.07) is 24.2. The lowest BCUT2D eigenvalue weighted by molar-refractivity contribution is -0.323. The number of benzene rings is 2. The first-order chi connectivity index (χ1) is 13.5. The fraction of sp³-hybridized carbons (Fsp3) is 0.273. The second-order valence-electron chi connectivity index (χ2n) is 7.15. The molecule has 136 valence electrons. The quantitative estimate of drug-likeness (QED) is 0.866. The van der Waals surface area contributed by atoms with Crippen molar-refractivity contribution in [1.82, 2.24) is 0 Å². The van der Waals surface area contributed by atoms with E-state index in [1.54, 1.807) is 55.5 Å². The second kappa shape index (κ2) is 5.92. The molecule has 28 heavy (non-hydrogen) atoms. The van der Waals surface area contributed by atoms with Gasteiger partial charge in [0.25, 0.3) is 0 Å². The van der Waals surface area contributed by atoms with Gasteiger partial charge in [0.2, 0.25) is 11.7 Å². The maximum atomic E-state index is 10.3. The molecule has 2 aromatic rings. The van der Waals surface area contributed by atoms with Gasteiger partial charge in [-0.3, -0.25) is 5.41 Å². The fourth-order valence-electron chi connectivity index (χ4n) is 4.55. The van der Waals surface area contributed by atoms with Crippen molar-refractivity contribution in [2.24, 2.45) is 10.8 Å². The molecule has 3 fully saturated rings. The van der Waals surface area contributed by atoms with Gasteiger partial charge in [0.15, 0.2) is 10.8 Å². The topological polar surface area (TPSA) is 114 Å². The predicted octanol–water partition coefficient (Wildman–Crippen LogP) is 3.81. The number of hydrogen-bond acceptors (Lipinski definition) is 6. The SMILES string of the molecule is C[C@]12OC(=N)[C@](C#N)([C@H](c3ccccc3)O1)C(C#N)(C#N)[C@H]2c1ccccc1. The number of rotatable bonds is 2. The van der Waals surface area contributed by atoms with E-state index in [1.165, 1.54) is 0 Å². The smallest absolute Gasteiger partial charge is 0.219 e. The Kier molecular flexibility index (Phi) is 3.75. The van der Waals surface area contributed by atoms with Crippen molar-refractivity contribution in [2.75, 3.05) is 0 Å². The van der Waals surface area contributed by atoms with E-state index in [-0.39, 0.29) is 0 Å². The van der Waals surface area contributed by atoms with E-state index in [4.69, 9.17) is 14.9 Å². The largest absolute Gasteiger partial charge is 0.447 e. The van der Waals surface area contributed by atoms with Gasteiger partial charge in [-0.1, -0.05) is 60.7 Å². The first kappa shape index (κ1) is 17.7. The summed E-state index contributed by atoms with van der Waals surface area (Å²) in [4.78, 5) is 0. The molecule has 6 heteroatoms. The molecule has 0 aromatic heterocycles. The lowest BCUT2D eigenvalue weighted by Gasteiger charge is -2.61. The Morgan fingerprint density at radius 2 is 1.39 bits per heavy atom. The zero-order chi connectivity index (χ0) is 20.0. The van der Waals surface area contributed by atoms with E-state index in [0.29, 0.717) is 11.1 Å². The van der Waals surface area contributed by atoms with E-state index in [1.807, 2.05) is 12.1 Å². The van der Waals surface area contributed by atoms with Crippen LogP contribution in [0, 0.1) is 50.2 Å². The fourth-order valence-corrected chi connectivity index (χ4v) is 4.55. The van der Waals surface area contributed by atoms with Crippen LogP contribution in [0.15, 0.2) is 60.7 Å². The molecule has 0 amide bonds. The molecule has 3 aliphatic rings. The molecule has 4 atom stereocenters. The summed E-state index contributed by atoms with van der Waals surface area (Å²) in [6.07, 6.45) is -0.982. The number of hydrogen-bond donors (Lipinski definition) is 1. The molecule has 0 aliphatic carbocycles. The summed E-state index contributed by atoms with van der Waals surface area (Å²) in [5, 5.41) is 39.3. The number of nitrogens with zero attached hydrogens (tertiary/aromatic N) is 3. The van der Waals surface area contributed by atoms with Crippen LogP contribution in [0.3, 0.4) is 0 Å². The lowest BCUT2D eigenvalue weighted by atomic mass is 9.49. The van der Waals surface area contributed by atoms with Crippen molar-refractivity contribution in [1.29, 1.82) is 21.2 Å². The summed E-state index contributed by atoms with van der Waals surface area (Å²) in [5.74, 6) is -2.74. The monoisotopic (exact) mass is 368 g/mol. The Labute approximate surface area is 162 Å². The highest BCUT2D eigenvalue weighted by Crippen LogP contribution is 2.69. The van der Waals surface area contributed by atoms with Crippen molar-refractivity contribution in [3.05, 3.63) is 71.8 Å². The van der Waals surface area contributed by atoms with Crippen molar-refractivity contribution in [3.63, 3.8) is 0 Å². The number of nitriles is 3. The van der Waals surface area contributed by atoms with Gasteiger partial charge in [-0.25, -0.2) is 0 Å². The van der Waals surface area contributed by atoms with Crippen LogP contribution < -0.4 is 0 Å². The van der Waals surface area contributed by atoms with E-state index < -0.39 is 34.5 Å². The summed E-state index contributed by atoms with van der Waals surface area (Å²) in [6.45, 7) is 1.62. The van der Waals surface area contributed by atoms with E-state index in [0.717, 1.165) is 0 Å². The van der Waals surface area contributed by atoms with Crippen LogP contribution in [-0.4, -0.2) is 11.7 Å². The minimum Gasteiger partial charge on any atom is -0.447 e. The predicted molar refractivity (Wildman–Crippen MR) is 98.4 cm³/mol. The van der Waals surface area contributed by atoms with Gasteiger partial charge in [-0.2, -0.15) is 15.8 Å². The molecule has 0 spiro atoms. The van der Waals surface area contributed by atoms with Crippen molar-refractivity contribution in [2.45, 2.75) is 24.7 Å². The van der Waals surface area contributed by atoms with Gasteiger partial charge in [0.05, 0.1) is 24.1 Å². The Hall–Kier alpha value is -3.66. The molecule has 3 aliphatic heterocycles. The Morgan fingerprint density at radius 3 is 1.89 bits per heavy atom. The minimum atomic E-state index is -1.91. The van der Waals surface area contributed by atoms with Crippen LogP contribution in [0.5, 0.6) is 0 Å². The van der Waals surface area contributed by atoms with E-state index in [9.17, 15) is 15.8 Å². The van der Waals surface area contributed by atoms with Crippen molar-refractivity contribution in [3.8, 4) is 18.2 Å². The molecular formula is C22H16N4O2. The third kappa shape index (κ3) is 1.94. The zero-order valence-electron chi connectivity index (χ0n) is 15.1. The Morgan fingerprint density at radius 1 is 0.857 bits per heavy atom. The highest BCUT2D eigenvalue weighted by Gasteiger charge is 2.79. The number of fused-ring (bicyclic) bond motifs is 3. The van der Waals surface area contributed by atoms with Gasteiger partial charge in [0, 0.05) is 6.92 Å². The molecule has 2 bridgehead atoms. The van der Waals surface area contributed by atoms with Crippen LogP contribution in [0.4, 0.5) is 0 Å². The van der Waals surface area contributed by atoms with Crippen LogP contribution in [-0.2, 0) is 9.47 Å². The maximum absolute atomic E-state index is 10.3. The minimum absolute atomic E-state index is 0.409. The van der Waals surface area contributed by atoms with Crippen LogP contribution in [0.25, 0.3) is 0 Å². The van der Waals surface area contributed by atoms with Crippen LogP contribution in [0.1, 0.15) is 30.1 Å². The van der Waals surface area contributed by atoms with E-state index >= 15 is 0 Å². The van der Waals surface area contributed by atoms with Gasteiger partial charge < -0.3 is 9.47 Å². The summed E-state index contributed by atoms with van der Waals surface area (Å²) >= 11 is 0. The van der Waals surface area contributed by atoms with Crippen molar-refractivity contribution >= 4 is 5.90 Å². The molecular weight excluding hydrogens is 352 g/mol. The summed E-state index contributed by atoms with van der Waals surface area (Å²) in [7, 11) is 0. The molecule has 3 saturated heterocycles. The molecule has 0 saturated carbocycles. The average Bonchev–Trinajstić information content (AvgIpc) is 2.73. The molecule has 3 heterocycles. The molecule has 0 radical (unpaired) electrons. The highest BCUT2D eigenvalue weighted by atomic mass is 16.7. The third-order valence-corrected chi connectivity index (χ3v) is 5.75. The Bertz CT molecular complexity index is 1050. The standard InChI is InChI=1S/C22H16N4O2/c1-20-17(15-8-4-2-5-9-15)21(12-23,13-24)22(14-25,19(26)28-20)18(27-20)16-10-6-3-7-11-16/h2-11,17-18,26H,1H3/t17-,18-,20+,22-/m0/s1. The normalized spacial score (nSPS) is 32.4. The molecule has 1 N–H and O–H groups in total. The molecule has 5 rings (SSSR count). The number of ether oxygens (including phenoxy) is 2. The van der Waals surface area contributed by atoms with Gasteiger partial charge in [0.1, 0.15) is 6.10 Å². The summed E-state index contributed by atoms with van der Waals surface area (Å²) < 4.78 is 12.0. The second-order valence-corrected chi connectivity index (χ2v) is 7.15. The highest BCUT2D eigenvalue weighted by molar-refractivity contribution is 5.89. The molecule has 6 nitrogen and oxygen atoms in total. The molecule has 0 unspecified atom stereocenters. The van der Waals surface area contributed by atoms with Gasteiger partial charge in [-0.15, -0.1) is 0 Å². The first-order valence-electron chi connectivity index (χ1n) is 8.78. The zero-order valence-corrected chi connectivity index (χ0v) is 15.1. The van der Waals surface area contributed by atoms with Crippen LogP contribution >= 0.6 is 0 Å². The lowest BCUT2D eigenvalue weighted by Crippen LogP contribution is -2.70. The van der Waals surface area contributed by atoms with E-state index in [2.05, 4.69) is 18.2 Å². The maximum Gasteiger partial charge on any atom is 0.219 e. The third-order valence-electron chi connectivity index (χ3n) is 5.75. The van der Waals surface area contributed by atoms with Gasteiger partial charge in [-0.05, 0) is 11.1 Å². The summed E-state index contributed by atoms with van der Waals surface area (Å²) in [5.41, 5.74) is -2.52. The van der Waals surface area contributed by atoms with Crippen LogP contribution in [0.2, 0.25) is 0 Å². The average molecular weight is 368 g/mol. The first-order valence-corrected chi connectivity index (χ1v) is 8.78.